The van der Waals surface area contributed by atoms with Gasteiger partial charge in [0, 0.05) is 25.5 Å². The molecule has 0 amide bonds. The lowest BCUT2D eigenvalue weighted by molar-refractivity contribution is 0.293. The van der Waals surface area contributed by atoms with Crippen LogP contribution in [0.25, 0.3) is 5.57 Å². The van der Waals surface area contributed by atoms with Crippen molar-refractivity contribution in [1.29, 1.82) is 0 Å². The molecule has 2 heterocycles. The Morgan fingerprint density at radius 3 is 2.50 bits per heavy atom. The van der Waals surface area contributed by atoms with Crippen LogP contribution in [0.15, 0.2) is 24.5 Å². The molecule has 0 unspecified atom stereocenters. The van der Waals surface area contributed by atoms with E-state index in [1.807, 2.05) is 18.5 Å². The Morgan fingerprint density at radius 2 is 1.80 bits per heavy atom. The molecule has 0 saturated carbocycles. The Labute approximate surface area is 123 Å². The molecule has 0 N–H and O–H groups in total. The van der Waals surface area contributed by atoms with Gasteiger partial charge in [0.05, 0.1) is 0 Å². The van der Waals surface area contributed by atoms with Crippen molar-refractivity contribution < 1.29 is 0 Å². The number of hydrogen-bond acceptors (Lipinski definition) is 3. The van der Waals surface area contributed by atoms with E-state index in [0.29, 0.717) is 0 Å². The first-order chi connectivity index (χ1) is 9.90. The zero-order valence-corrected chi connectivity index (χ0v) is 12.7. The van der Waals surface area contributed by atoms with Crippen LogP contribution in [-0.2, 0) is 0 Å². The van der Waals surface area contributed by atoms with Crippen LogP contribution in [0, 0.1) is 0 Å². The van der Waals surface area contributed by atoms with Crippen LogP contribution in [0.4, 0.5) is 0 Å². The molecule has 1 aliphatic rings. The van der Waals surface area contributed by atoms with Crippen molar-refractivity contribution in [1.82, 2.24) is 14.9 Å². The van der Waals surface area contributed by atoms with Crippen LogP contribution in [-0.4, -0.2) is 34.5 Å². The highest BCUT2D eigenvalue weighted by Gasteiger charge is 2.13. The molecule has 1 aromatic rings. The molecule has 0 radical (unpaired) electrons. The van der Waals surface area contributed by atoms with Crippen molar-refractivity contribution in [3.63, 3.8) is 0 Å². The Hall–Kier alpha value is -1.22. The van der Waals surface area contributed by atoms with E-state index < -0.39 is 0 Å². The zero-order valence-electron chi connectivity index (χ0n) is 12.7. The topological polar surface area (TPSA) is 29.0 Å². The predicted molar refractivity (Wildman–Crippen MR) is 84.4 cm³/mol. The Kier molecular flexibility index (Phi) is 6.72. The highest BCUT2D eigenvalue weighted by molar-refractivity contribution is 5.60. The summed E-state index contributed by atoms with van der Waals surface area (Å²) in [4.78, 5) is 11.2. The molecule has 0 fully saturated rings. The lowest BCUT2D eigenvalue weighted by Gasteiger charge is -2.25. The molecule has 0 aromatic carbocycles. The van der Waals surface area contributed by atoms with Crippen molar-refractivity contribution in [2.45, 2.75) is 51.9 Å². The van der Waals surface area contributed by atoms with Gasteiger partial charge < -0.3 is 0 Å². The van der Waals surface area contributed by atoms with Crippen LogP contribution >= 0.6 is 0 Å². The Balaban J connectivity index is 1.65. The Morgan fingerprint density at radius 1 is 1.05 bits per heavy atom. The molecule has 0 spiro atoms. The van der Waals surface area contributed by atoms with Crippen molar-refractivity contribution in [3.8, 4) is 0 Å². The molecular weight excluding hydrogens is 246 g/mol. The smallest absolute Gasteiger partial charge is 0.154 e. The summed E-state index contributed by atoms with van der Waals surface area (Å²) in [6, 6.07) is 1.87. The van der Waals surface area contributed by atoms with E-state index >= 15 is 0 Å². The zero-order chi connectivity index (χ0) is 14.0. The quantitative estimate of drug-likeness (QED) is 0.672. The second-order valence-corrected chi connectivity index (χ2v) is 5.62. The summed E-state index contributed by atoms with van der Waals surface area (Å²) in [5.41, 5.74) is 1.31. The van der Waals surface area contributed by atoms with Crippen molar-refractivity contribution in [2.75, 3.05) is 19.6 Å². The highest BCUT2D eigenvalue weighted by atomic mass is 15.1. The fraction of sp³-hybridized carbons (Fsp3) is 0.647. The lowest BCUT2D eigenvalue weighted by Crippen LogP contribution is -2.29. The second kappa shape index (κ2) is 8.85. The van der Waals surface area contributed by atoms with Crippen LogP contribution in [0.2, 0.25) is 0 Å². The number of rotatable bonds is 8. The lowest BCUT2D eigenvalue weighted by atomic mass is 10.1. The third-order valence-corrected chi connectivity index (χ3v) is 3.97. The van der Waals surface area contributed by atoms with E-state index in [4.69, 9.17) is 0 Å². The molecule has 1 aromatic heterocycles. The minimum Gasteiger partial charge on any atom is -0.299 e. The molecule has 3 nitrogen and oxygen atoms in total. The van der Waals surface area contributed by atoms with E-state index in [2.05, 4.69) is 27.9 Å². The van der Waals surface area contributed by atoms with Gasteiger partial charge in [-0.3, -0.25) is 4.90 Å². The largest absolute Gasteiger partial charge is 0.299 e. The van der Waals surface area contributed by atoms with E-state index in [-0.39, 0.29) is 0 Å². The van der Waals surface area contributed by atoms with Gasteiger partial charge in [-0.1, -0.05) is 45.1 Å². The van der Waals surface area contributed by atoms with Crippen LogP contribution < -0.4 is 0 Å². The van der Waals surface area contributed by atoms with E-state index in [9.17, 15) is 0 Å². The van der Waals surface area contributed by atoms with Gasteiger partial charge in [-0.15, -0.1) is 0 Å². The van der Waals surface area contributed by atoms with Crippen molar-refractivity contribution in [2.24, 2.45) is 0 Å². The van der Waals surface area contributed by atoms with Gasteiger partial charge >= 0.3 is 0 Å². The monoisotopic (exact) mass is 273 g/mol. The average Bonchev–Trinajstić information content (AvgIpc) is 2.52. The molecule has 0 bridgehead atoms. The van der Waals surface area contributed by atoms with Crippen LogP contribution in [0.5, 0.6) is 0 Å². The number of aromatic nitrogens is 2. The minimum absolute atomic E-state index is 0.909. The third kappa shape index (κ3) is 5.04. The first-order valence-corrected chi connectivity index (χ1v) is 8.09. The summed E-state index contributed by atoms with van der Waals surface area (Å²) in [7, 11) is 0. The van der Waals surface area contributed by atoms with Gasteiger partial charge in [0.1, 0.15) is 0 Å². The highest BCUT2D eigenvalue weighted by Crippen LogP contribution is 2.19. The van der Waals surface area contributed by atoms with Gasteiger partial charge in [-0.05, 0) is 31.0 Å². The van der Waals surface area contributed by atoms with Crippen molar-refractivity contribution >= 4 is 5.57 Å². The van der Waals surface area contributed by atoms with E-state index in [1.165, 1.54) is 50.6 Å². The standard InChI is InChI=1S/C17H27N3/c1-2-3-4-5-6-7-13-20-14-9-16(10-15-20)17-18-11-8-12-19-17/h8-9,11-12H,2-7,10,13-15H2,1H3. The molecule has 110 valence electrons. The van der Waals surface area contributed by atoms with Gasteiger partial charge in [0.2, 0.25) is 0 Å². The summed E-state index contributed by atoms with van der Waals surface area (Å²) >= 11 is 0. The van der Waals surface area contributed by atoms with Gasteiger partial charge in [0.15, 0.2) is 5.82 Å². The maximum Gasteiger partial charge on any atom is 0.154 e. The number of unbranched alkanes of at least 4 members (excludes halogenated alkanes) is 5. The Bertz CT molecular complexity index is 400. The summed E-state index contributed by atoms with van der Waals surface area (Å²) in [5.74, 6) is 0.909. The van der Waals surface area contributed by atoms with Gasteiger partial charge in [-0.2, -0.15) is 0 Å². The first kappa shape index (κ1) is 15.2. The molecule has 20 heavy (non-hydrogen) atoms. The normalized spacial score (nSPS) is 16.1. The fourth-order valence-electron chi connectivity index (χ4n) is 2.70. The summed E-state index contributed by atoms with van der Waals surface area (Å²) < 4.78 is 0. The first-order valence-electron chi connectivity index (χ1n) is 8.09. The molecule has 0 saturated heterocycles. The summed E-state index contributed by atoms with van der Waals surface area (Å²) in [6.07, 6.45) is 15.3. The van der Waals surface area contributed by atoms with Gasteiger partial charge in [-0.25, -0.2) is 9.97 Å². The van der Waals surface area contributed by atoms with Crippen LogP contribution in [0.3, 0.4) is 0 Å². The van der Waals surface area contributed by atoms with Gasteiger partial charge in [0.25, 0.3) is 0 Å². The third-order valence-electron chi connectivity index (χ3n) is 3.97. The molecule has 0 aliphatic carbocycles. The molecule has 1 aliphatic heterocycles. The fourth-order valence-corrected chi connectivity index (χ4v) is 2.70. The second-order valence-electron chi connectivity index (χ2n) is 5.62. The SMILES string of the molecule is CCCCCCCCN1CC=C(c2ncccn2)CC1. The maximum atomic E-state index is 4.33. The summed E-state index contributed by atoms with van der Waals surface area (Å²) in [6.45, 7) is 5.72. The molecular formula is C17H27N3. The maximum absolute atomic E-state index is 4.33. The minimum atomic E-state index is 0.909. The van der Waals surface area contributed by atoms with Crippen molar-refractivity contribution in [3.05, 3.63) is 30.4 Å². The molecule has 0 atom stereocenters. The number of hydrogen-bond donors (Lipinski definition) is 0. The summed E-state index contributed by atoms with van der Waals surface area (Å²) in [5, 5.41) is 0. The van der Waals surface area contributed by atoms with Crippen LogP contribution in [0.1, 0.15) is 57.7 Å². The van der Waals surface area contributed by atoms with E-state index in [0.717, 1.165) is 25.3 Å². The predicted octanol–water partition coefficient (Wildman–Crippen LogP) is 3.93. The molecule has 2 rings (SSSR count). The number of nitrogens with zero attached hydrogens (tertiary/aromatic N) is 3. The molecule has 3 heteroatoms. The average molecular weight is 273 g/mol. The van der Waals surface area contributed by atoms with E-state index in [1.54, 1.807) is 0 Å².